The topological polar surface area (TPSA) is 40.5 Å². The van der Waals surface area contributed by atoms with E-state index < -0.39 is 5.60 Å². The fraction of sp³-hybridized carbons (Fsp3) is 0.909. The van der Waals surface area contributed by atoms with Crippen molar-refractivity contribution in [1.29, 1.82) is 0 Å². The summed E-state index contributed by atoms with van der Waals surface area (Å²) >= 11 is 0. The van der Waals surface area contributed by atoms with Crippen molar-refractivity contribution in [1.82, 2.24) is 4.90 Å². The van der Waals surface area contributed by atoms with Gasteiger partial charge >= 0.3 is 0 Å². The van der Waals surface area contributed by atoms with Crippen molar-refractivity contribution in [3.05, 3.63) is 0 Å². The number of hydrogen-bond acceptors (Lipinski definition) is 2. The fourth-order valence-electron chi connectivity index (χ4n) is 2.40. The van der Waals surface area contributed by atoms with Crippen molar-refractivity contribution in [2.24, 2.45) is 5.92 Å². The first-order valence-corrected chi connectivity index (χ1v) is 5.66. The second-order valence-electron chi connectivity index (χ2n) is 4.61. The van der Waals surface area contributed by atoms with Gasteiger partial charge in [0.1, 0.15) is 0 Å². The zero-order valence-electron chi connectivity index (χ0n) is 8.83. The van der Waals surface area contributed by atoms with E-state index in [0.29, 0.717) is 12.3 Å². The third kappa shape index (κ3) is 1.78. The van der Waals surface area contributed by atoms with Crippen LogP contribution in [-0.2, 0) is 4.79 Å². The van der Waals surface area contributed by atoms with Crippen molar-refractivity contribution < 1.29 is 9.90 Å². The molecule has 1 aliphatic carbocycles. The molecule has 80 valence electrons. The highest BCUT2D eigenvalue weighted by Gasteiger charge is 2.45. The van der Waals surface area contributed by atoms with E-state index >= 15 is 0 Å². The summed E-state index contributed by atoms with van der Waals surface area (Å²) in [6, 6.07) is 0. The normalized spacial score (nSPS) is 26.3. The average Bonchev–Trinajstić information content (AvgIpc) is 3.01. The van der Waals surface area contributed by atoms with E-state index in [-0.39, 0.29) is 5.91 Å². The van der Waals surface area contributed by atoms with Crippen molar-refractivity contribution in [2.75, 3.05) is 13.1 Å². The quantitative estimate of drug-likeness (QED) is 0.721. The first-order valence-electron chi connectivity index (χ1n) is 5.66. The van der Waals surface area contributed by atoms with Crippen LogP contribution in [0.15, 0.2) is 0 Å². The zero-order chi connectivity index (χ0) is 10.2. The Kier molecular flexibility index (Phi) is 2.52. The second kappa shape index (κ2) is 3.54. The molecule has 1 saturated heterocycles. The number of hydrogen-bond donors (Lipinski definition) is 1. The number of aliphatic hydroxyl groups is 1. The molecule has 0 aromatic heterocycles. The molecular formula is C11H19NO2. The molecule has 2 fully saturated rings. The number of nitrogens with zero attached hydrogens (tertiary/aromatic N) is 1. The monoisotopic (exact) mass is 197 g/mol. The van der Waals surface area contributed by atoms with Gasteiger partial charge in [0.2, 0.25) is 5.91 Å². The van der Waals surface area contributed by atoms with Gasteiger partial charge in [0.25, 0.3) is 0 Å². The van der Waals surface area contributed by atoms with Gasteiger partial charge in [0, 0.05) is 19.5 Å². The van der Waals surface area contributed by atoms with Crippen LogP contribution in [0.1, 0.15) is 39.0 Å². The smallest absolute Gasteiger partial charge is 0.222 e. The summed E-state index contributed by atoms with van der Waals surface area (Å²) in [5, 5.41) is 10.2. The summed E-state index contributed by atoms with van der Waals surface area (Å²) in [4.78, 5) is 13.3. The van der Waals surface area contributed by atoms with Gasteiger partial charge in [-0.15, -0.1) is 0 Å². The van der Waals surface area contributed by atoms with Crippen LogP contribution in [0, 0.1) is 5.92 Å². The molecule has 2 aliphatic rings. The van der Waals surface area contributed by atoms with Gasteiger partial charge in [-0.05, 0) is 31.6 Å². The lowest BCUT2D eigenvalue weighted by atomic mass is 9.86. The highest BCUT2D eigenvalue weighted by atomic mass is 16.3. The average molecular weight is 197 g/mol. The van der Waals surface area contributed by atoms with Gasteiger partial charge in [-0.3, -0.25) is 4.79 Å². The maximum absolute atomic E-state index is 11.4. The Hall–Kier alpha value is -0.570. The number of likely N-dealkylation sites (tertiary alicyclic amines) is 1. The molecule has 0 spiro atoms. The van der Waals surface area contributed by atoms with Crippen molar-refractivity contribution in [2.45, 2.75) is 44.6 Å². The molecule has 1 saturated carbocycles. The summed E-state index contributed by atoms with van der Waals surface area (Å²) in [5.74, 6) is 0.754. The Balaban J connectivity index is 1.88. The predicted octanol–water partition coefficient (Wildman–Crippen LogP) is 1.16. The number of carbonyl (C=O) groups excluding carboxylic acids is 1. The number of carbonyl (C=O) groups is 1. The summed E-state index contributed by atoms with van der Waals surface area (Å²) in [6.45, 7) is 3.39. The van der Waals surface area contributed by atoms with Crippen LogP contribution in [0.25, 0.3) is 0 Å². The molecule has 1 N–H and O–H groups in total. The van der Waals surface area contributed by atoms with Crippen LogP contribution in [0.2, 0.25) is 0 Å². The molecule has 0 bridgehead atoms. The highest BCUT2D eigenvalue weighted by Crippen LogP contribution is 2.44. The second-order valence-corrected chi connectivity index (χ2v) is 4.61. The van der Waals surface area contributed by atoms with Gasteiger partial charge in [-0.2, -0.15) is 0 Å². The molecule has 1 heterocycles. The van der Waals surface area contributed by atoms with Crippen LogP contribution in [0.3, 0.4) is 0 Å². The maximum Gasteiger partial charge on any atom is 0.222 e. The Bertz CT molecular complexity index is 227. The predicted molar refractivity (Wildman–Crippen MR) is 53.8 cm³/mol. The molecule has 0 radical (unpaired) electrons. The molecule has 3 nitrogen and oxygen atoms in total. The summed E-state index contributed by atoms with van der Waals surface area (Å²) < 4.78 is 0. The molecule has 0 unspecified atom stereocenters. The van der Waals surface area contributed by atoms with Gasteiger partial charge < -0.3 is 10.0 Å². The Morgan fingerprint density at radius 1 is 1.43 bits per heavy atom. The van der Waals surface area contributed by atoms with Gasteiger partial charge in [-0.1, -0.05) is 6.92 Å². The zero-order valence-corrected chi connectivity index (χ0v) is 8.83. The Morgan fingerprint density at radius 2 is 2.00 bits per heavy atom. The van der Waals surface area contributed by atoms with Crippen LogP contribution >= 0.6 is 0 Å². The number of amides is 1. The van der Waals surface area contributed by atoms with Crippen LogP contribution in [0.5, 0.6) is 0 Å². The minimum Gasteiger partial charge on any atom is -0.389 e. The van der Waals surface area contributed by atoms with Crippen LogP contribution in [-0.4, -0.2) is 34.6 Å². The summed E-state index contributed by atoms with van der Waals surface area (Å²) in [5.41, 5.74) is -0.440. The Labute approximate surface area is 85.1 Å². The van der Waals surface area contributed by atoms with E-state index in [0.717, 1.165) is 25.9 Å². The van der Waals surface area contributed by atoms with E-state index in [1.807, 2.05) is 11.8 Å². The third-order valence-corrected chi connectivity index (χ3v) is 3.62. The first-order chi connectivity index (χ1) is 6.65. The van der Waals surface area contributed by atoms with Crippen LogP contribution < -0.4 is 0 Å². The maximum atomic E-state index is 11.4. The van der Waals surface area contributed by atoms with E-state index in [1.165, 1.54) is 12.8 Å². The van der Waals surface area contributed by atoms with E-state index in [2.05, 4.69) is 0 Å². The highest BCUT2D eigenvalue weighted by molar-refractivity contribution is 5.75. The largest absolute Gasteiger partial charge is 0.389 e. The third-order valence-electron chi connectivity index (χ3n) is 3.62. The molecule has 0 aromatic carbocycles. The van der Waals surface area contributed by atoms with Crippen molar-refractivity contribution >= 4 is 5.91 Å². The summed E-state index contributed by atoms with van der Waals surface area (Å²) in [7, 11) is 0. The van der Waals surface area contributed by atoms with Gasteiger partial charge in [-0.25, -0.2) is 0 Å². The first kappa shape index (κ1) is 9.97. The molecule has 14 heavy (non-hydrogen) atoms. The minimum atomic E-state index is -0.440. The van der Waals surface area contributed by atoms with E-state index in [9.17, 15) is 9.90 Å². The van der Waals surface area contributed by atoms with Crippen molar-refractivity contribution in [3.8, 4) is 0 Å². The SMILES string of the molecule is CCC(=O)N1CCC(O)(C2CC2)CC1. The lowest BCUT2D eigenvalue weighted by Crippen LogP contribution is -2.47. The molecular weight excluding hydrogens is 178 g/mol. The molecule has 1 aliphatic heterocycles. The molecule has 1 amide bonds. The summed E-state index contributed by atoms with van der Waals surface area (Å²) in [6.07, 6.45) is 4.51. The lowest BCUT2D eigenvalue weighted by Gasteiger charge is -2.38. The van der Waals surface area contributed by atoms with E-state index in [4.69, 9.17) is 0 Å². The molecule has 0 atom stereocenters. The Morgan fingerprint density at radius 3 is 2.43 bits per heavy atom. The van der Waals surface area contributed by atoms with Crippen LogP contribution in [0.4, 0.5) is 0 Å². The fourth-order valence-corrected chi connectivity index (χ4v) is 2.40. The van der Waals surface area contributed by atoms with E-state index in [1.54, 1.807) is 0 Å². The minimum absolute atomic E-state index is 0.225. The van der Waals surface area contributed by atoms with Gasteiger partial charge in [0.05, 0.1) is 5.60 Å². The number of rotatable bonds is 2. The number of piperidine rings is 1. The molecule has 2 rings (SSSR count). The molecule has 3 heteroatoms. The van der Waals surface area contributed by atoms with Gasteiger partial charge in [0.15, 0.2) is 0 Å². The standard InChI is InChI=1S/C11H19NO2/c1-2-10(13)12-7-5-11(14,6-8-12)9-3-4-9/h9,14H,2-8H2,1H3. The lowest BCUT2D eigenvalue weighted by molar-refractivity contribution is -0.135. The van der Waals surface area contributed by atoms with Crippen molar-refractivity contribution in [3.63, 3.8) is 0 Å². The molecule has 0 aromatic rings.